The maximum atomic E-state index is 12.2. The van der Waals surface area contributed by atoms with Gasteiger partial charge in [-0.3, -0.25) is 0 Å². The highest BCUT2D eigenvalue weighted by Gasteiger charge is 2.17. The molecule has 2 rings (SSSR count). The molecule has 0 atom stereocenters. The Kier molecular flexibility index (Phi) is 11.9. The first kappa shape index (κ1) is 29.8. The smallest absolute Gasteiger partial charge is 0.328 e. The van der Waals surface area contributed by atoms with Crippen molar-refractivity contribution >= 4 is 53.7 Å². The molecule has 0 aliphatic carbocycles. The monoisotopic (exact) mass is 574 g/mol. The van der Waals surface area contributed by atoms with Gasteiger partial charge in [0.05, 0.1) is 9.79 Å². The summed E-state index contributed by atoms with van der Waals surface area (Å²) in [5.41, 5.74) is 1.83. The molecule has 0 heterocycles. The fraction of sp³-hybridized carbons (Fsp3) is 0.364. The molecule has 0 aromatic heterocycles. The maximum Gasteiger partial charge on any atom is 0.328 e. The summed E-state index contributed by atoms with van der Waals surface area (Å²) in [5, 5.41) is 5.04. The standard InChI is InChI=1S/C22H30N4O6S4/c1-17-5-9-19(10-6-17)35(29,30)25-21(27)23-13-3-15-33-34-16-4-14-24-22(28)26-36(31,32)20-11-7-18(2)8-12-20/h5-12H,3-4,13-16H2,1-2H3,(H2,23,25,27)(H2,24,26,28). The molecule has 0 radical (unpaired) electrons. The Morgan fingerprint density at radius 1 is 0.639 bits per heavy atom. The molecule has 0 aliphatic rings. The van der Waals surface area contributed by atoms with E-state index in [0.717, 1.165) is 22.6 Å². The van der Waals surface area contributed by atoms with E-state index in [1.165, 1.54) is 24.3 Å². The molecule has 0 bridgehead atoms. The van der Waals surface area contributed by atoms with Gasteiger partial charge < -0.3 is 10.6 Å². The molecule has 0 spiro atoms. The summed E-state index contributed by atoms with van der Waals surface area (Å²) in [6, 6.07) is 10.8. The lowest BCUT2D eigenvalue weighted by molar-refractivity contribution is 0.245. The zero-order valence-electron chi connectivity index (χ0n) is 19.9. The van der Waals surface area contributed by atoms with E-state index < -0.39 is 32.1 Å². The van der Waals surface area contributed by atoms with Crippen LogP contribution in [0.5, 0.6) is 0 Å². The summed E-state index contributed by atoms with van der Waals surface area (Å²) in [6.45, 7) is 4.32. The van der Waals surface area contributed by atoms with E-state index in [9.17, 15) is 26.4 Å². The van der Waals surface area contributed by atoms with E-state index in [0.29, 0.717) is 25.9 Å². The van der Waals surface area contributed by atoms with E-state index in [1.54, 1.807) is 45.9 Å². The Balaban J connectivity index is 1.51. The second-order valence-electron chi connectivity index (χ2n) is 7.70. The Bertz CT molecular complexity index is 1120. The number of carbonyl (C=O) groups excluding carboxylic acids is 2. The van der Waals surface area contributed by atoms with Crippen molar-refractivity contribution in [2.24, 2.45) is 0 Å². The third kappa shape index (κ3) is 10.7. The van der Waals surface area contributed by atoms with Gasteiger partial charge in [-0.15, -0.1) is 0 Å². The van der Waals surface area contributed by atoms with Crippen LogP contribution < -0.4 is 20.1 Å². The van der Waals surface area contributed by atoms with E-state index in [1.807, 2.05) is 23.3 Å². The van der Waals surface area contributed by atoms with Gasteiger partial charge in [-0.25, -0.2) is 35.9 Å². The topological polar surface area (TPSA) is 151 Å². The number of urea groups is 2. The molecule has 0 fully saturated rings. The maximum absolute atomic E-state index is 12.2. The molecule has 4 amide bonds. The molecule has 10 nitrogen and oxygen atoms in total. The second kappa shape index (κ2) is 14.4. The summed E-state index contributed by atoms with van der Waals surface area (Å²) in [7, 11) is -4.64. The number of carbonyl (C=O) groups is 2. The first-order valence-electron chi connectivity index (χ1n) is 11.0. The Morgan fingerprint density at radius 2 is 0.972 bits per heavy atom. The number of aryl methyl sites for hydroxylation is 2. The average Bonchev–Trinajstić information content (AvgIpc) is 2.80. The minimum atomic E-state index is -3.91. The number of benzene rings is 2. The Labute approximate surface area is 220 Å². The van der Waals surface area contributed by atoms with Crippen LogP contribution in [0.2, 0.25) is 0 Å². The summed E-state index contributed by atoms with van der Waals surface area (Å²) in [6.07, 6.45) is 1.29. The van der Waals surface area contributed by atoms with E-state index in [2.05, 4.69) is 10.6 Å². The normalized spacial score (nSPS) is 11.5. The minimum absolute atomic E-state index is 0.0232. The molecule has 36 heavy (non-hydrogen) atoms. The number of hydrogen-bond acceptors (Lipinski definition) is 8. The van der Waals surface area contributed by atoms with Crippen molar-refractivity contribution in [3.05, 3.63) is 59.7 Å². The quantitative estimate of drug-likeness (QED) is 0.210. The molecule has 14 heteroatoms. The van der Waals surface area contributed by atoms with Gasteiger partial charge in [0.25, 0.3) is 20.0 Å². The van der Waals surface area contributed by atoms with Crippen molar-refractivity contribution in [3.8, 4) is 0 Å². The number of sulfonamides is 2. The van der Waals surface area contributed by atoms with Gasteiger partial charge in [0.2, 0.25) is 0 Å². The minimum Gasteiger partial charge on any atom is -0.337 e. The van der Waals surface area contributed by atoms with Gasteiger partial charge in [-0.05, 0) is 51.0 Å². The first-order valence-corrected chi connectivity index (χ1v) is 16.4. The Morgan fingerprint density at radius 3 is 1.31 bits per heavy atom. The zero-order chi connectivity index (χ0) is 26.6. The van der Waals surface area contributed by atoms with Crippen LogP contribution in [0.3, 0.4) is 0 Å². The van der Waals surface area contributed by atoms with Gasteiger partial charge in [0.15, 0.2) is 0 Å². The number of hydrogen-bond donors (Lipinski definition) is 4. The van der Waals surface area contributed by atoms with Gasteiger partial charge in [0.1, 0.15) is 0 Å². The van der Waals surface area contributed by atoms with Crippen LogP contribution >= 0.6 is 21.6 Å². The van der Waals surface area contributed by atoms with Crippen molar-refractivity contribution in [2.75, 3.05) is 24.6 Å². The third-order valence-electron chi connectivity index (χ3n) is 4.58. The third-order valence-corrected chi connectivity index (χ3v) is 9.85. The lowest BCUT2D eigenvalue weighted by Gasteiger charge is -2.09. The average molecular weight is 575 g/mol. The van der Waals surface area contributed by atoms with Gasteiger partial charge in [-0.1, -0.05) is 57.0 Å². The van der Waals surface area contributed by atoms with Crippen molar-refractivity contribution < 1.29 is 26.4 Å². The van der Waals surface area contributed by atoms with Crippen molar-refractivity contribution in [1.29, 1.82) is 0 Å². The number of amides is 4. The molecule has 0 unspecified atom stereocenters. The Hall–Kier alpha value is -2.42. The molecule has 4 N–H and O–H groups in total. The highest BCUT2D eigenvalue weighted by molar-refractivity contribution is 8.76. The number of rotatable bonds is 13. The van der Waals surface area contributed by atoms with Crippen LogP contribution in [0.4, 0.5) is 9.59 Å². The van der Waals surface area contributed by atoms with Crippen LogP contribution in [-0.4, -0.2) is 53.5 Å². The lowest BCUT2D eigenvalue weighted by Crippen LogP contribution is -2.39. The molecule has 198 valence electrons. The largest absolute Gasteiger partial charge is 0.337 e. The fourth-order valence-corrected chi connectivity index (χ4v) is 6.68. The predicted octanol–water partition coefficient (Wildman–Crippen LogP) is 3.14. The van der Waals surface area contributed by atoms with Crippen LogP contribution in [0.25, 0.3) is 0 Å². The second-order valence-corrected chi connectivity index (χ2v) is 13.8. The van der Waals surface area contributed by atoms with E-state index in [4.69, 9.17) is 0 Å². The zero-order valence-corrected chi connectivity index (χ0v) is 23.2. The highest BCUT2D eigenvalue weighted by atomic mass is 33.1. The van der Waals surface area contributed by atoms with Crippen molar-refractivity contribution in [3.63, 3.8) is 0 Å². The van der Waals surface area contributed by atoms with Crippen molar-refractivity contribution in [1.82, 2.24) is 20.1 Å². The number of nitrogens with one attached hydrogen (secondary N) is 4. The predicted molar refractivity (Wildman–Crippen MR) is 144 cm³/mol. The fourth-order valence-electron chi connectivity index (χ4n) is 2.65. The molecular formula is C22H30N4O6S4. The van der Waals surface area contributed by atoms with Gasteiger partial charge >= 0.3 is 12.1 Å². The van der Waals surface area contributed by atoms with Crippen LogP contribution in [0.1, 0.15) is 24.0 Å². The molecule has 0 saturated heterocycles. The summed E-state index contributed by atoms with van der Waals surface area (Å²) >= 11 is 0. The molecule has 2 aromatic carbocycles. The van der Waals surface area contributed by atoms with Crippen LogP contribution in [0.15, 0.2) is 58.3 Å². The molecule has 0 saturated carbocycles. The molecule has 0 aliphatic heterocycles. The van der Waals surface area contributed by atoms with E-state index in [-0.39, 0.29) is 9.79 Å². The van der Waals surface area contributed by atoms with Crippen LogP contribution in [0, 0.1) is 13.8 Å². The summed E-state index contributed by atoms with van der Waals surface area (Å²) < 4.78 is 52.6. The summed E-state index contributed by atoms with van der Waals surface area (Å²) in [4.78, 5) is 23.7. The summed E-state index contributed by atoms with van der Waals surface area (Å²) in [5.74, 6) is 1.47. The highest BCUT2D eigenvalue weighted by Crippen LogP contribution is 2.22. The lowest BCUT2D eigenvalue weighted by atomic mass is 10.2. The SMILES string of the molecule is Cc1ccc(S(=O)(=O)NC(=O)NCCCSSCCCNC(=O)NS(=O)(=O)c2ccc(C)cc2)cc1. The van der Waals surface area contributed by atoms with Crippen LogP contribution in [-0.2, 0) is 20.0 Å². The van der Waals surface area contributed by atoms with Crippen molar-refractivity contribution in [2.45, 2.75) is 36.5 Å². The van der Waals surface area contributed by atoms with E-state index >= 15 is 0 Å². The van der Waals surface area contributed by atoms with Gasteiger partial charge in [0, 0.05) is 24.6 Å². The first-order chi connectivity index (χ1) is 17.0. The van der Waals surface area contributed by atoms with Gasteiger partial charge in [-0.2, -0.15) is 0 Å². The molecule has 2 aromatic rings. The molecular weight excluding hydrogens is 545 g/mol.